The fraction of sp³-hybridized carbons (Fsp3) is 0.889. The fourth-order valence-corrected chi connectivity index (χ4v) is 3.07. The average molecular weight is 343 g/mol. The van der Waals surface area contributed by atoms with Crippen LogP contribution in [0.25, 0.3) is 0 Å². The highest BCUT2D eigenvalue weighted by atomic mass is 16.6. The Balaban J connectivity index is 2.19. The SMILES string of the molecule is CCCCCC(O)CCN1C(=O)OCC1CCCCCCC(=O)O. The number of ether oxygens (including phenoxy) is 1. The number of aliphatic hydroxyl groups excluding tert-OH is 1. The lowest BCUT2D eigenvalue weighted by Gasteiger charge is -2.22. The molecule has 1 saturated heterocycles. The number of rotatable bonds is 14. The van der Waals surface area contributed by atoms with Gasteiger partial charge in [-0.1, -0.05) is 45.4 Å². The van der Waals surface area contributed by atoms with Gasteiger partial charge in [0.05, 0.1) is 12.1 Å². The lowest BCUT2D eigenvalue weighted by atomic mass is 10.0. The van der Waals surface area contributed by atoms with Crippen molar-refractivity contribution in [2.75, 3.05) is 13.2 Å². The molecular weight excluding hydrogens is 310 g/mol. The van der Waals surface area contributed by atoms with Crippen LogP contribution in [0, 0.1) is 0 Å². The predicted octanol–water partition coefficient (Wildman–Crippen LogP) is 3.56. The minimum Gasteiger partial charge on any atom is -0.481 e. The number of hydrogen-bond donors (Lipinski definition) is 2. The quantitative estimate of drug-likeness (QED) is 0.471. The van der Waals surface area contributed by atoms with Crippen LogP contribution >= 0.6 is 0 Å². The molecule has 1 aliphatic rings. The van der Waals surface area contributed by atoms with Crippen LogP contribution in [0.15, 0.2) is 0 Å². The van der Waals surface area contributed by atoms with Crippen molar-refractivity contribution in [1.29, 1.82) is 0 Å². The van der Waals surface area contributed by atoms with Crippen molar-refractivity contribution in [2.24, 2.45) is 0 Å². The van der Waals surface area contributed by atoms with E-state index in [-0.39, 0.29) is 24.7 Å². The van der Waals surface area contributed by atoms with Crippen molar-refractivity contribution >= 4 is 12.1 Å². The standard InChI is InChI=1S/C18H33NO5/c1-2-3-6-10-16(20)12-13-19-15(14-24-18(19)23)9-7-4-5-8-11-17(21)22/h15-16,20H,2-14H2,1H3,(H,21,22). The second kappa shape index (κ2) is 12.1. The van der Waals surface area contributed by atoms with E-state index in [9.17, 15) is 14.7 Å². The van der Waals surface area contributed by atoms with Crippen LogP contribution < -0.4 is 0 Å². The van der Waals surface area contributed by atoms with E-state index in [4.69, 9.17) is 9.84 Å². The smallest absolute Gasteiger partial charge is 0.410 e. The lowest BCUT2D eigenvalue weighted by molar-refractivity contribution is -0.137. The zero-order valence-electron chi connectivity index (χ0n) is 14.9. The average Bonchev–Trinajstić information content (AvgIpc) is 2.89. The van der Waals surface area contributed by atoms with Gasteiger partial charge < -0.3 is 19.8 Å². The molecule has 0 bridgehead atoms. The Labute approximate surface area is 145 Å². The maximum Gasteiger partial charge on any atom is 0.410 e. The largest absolute Gasteiger partial charge is 0.481 e. The van der Waals surface area contributed by atoms with Gasteiger partial charge in [-0.3, -0.25) is 4.79 Å². The molecule has 6 heteroatoms. The summed E-state index contributed by atoms with van der Waals surface area (Å²) in [4.78, 5) is 24.0. The number of cyclic esters (lactones) is 1. The van der Waals surface area contributed by atoms with E-state index in [1.54, 1.807) is 4.90 Å². The number of nitrogens with zero attached hydrogens (tertiary/aromatic N) is 1. The van der Waals surface area contributed by atoms with Gasteiger partial charge in [-0.15, -0.1) is 0 Å². The van der Waals surface area contributed by atoms with E-state index in [2.05, 4.69) is 6.92 Å². The summed E-state index contributed by atoms with van der Waals surface area (Å²) in [5.41, 5.74) is 0. The Kier molecular flexibility index (Phi) is 10.5. The lowest BCUT2D eigenvalue weighted by Crippen LogP contribution is -2.35. The van der Waals surface area contributed by atoms with E-state index in [1.807, 2.05) is 0 Å². The summed E-state index contributed by atoms with van der Waals surface area (Å²) >= 11 is 0. The Morgan fingerprint density at radius 2 is 1.96 bits per heavy atom. The van der Waals surface area contributed by atoms with Crippen LogP contribution in [0.5, 0.6) is 0 Å². The first-order valence-corrected chi connectivity index (χ1v) is 9.37. The molecule has 0 aromatic heterocycles. The third-order valence-electron chi connectivity index (χ3n) is 4.60. The topological polar surface area (TPSA) is 87.1 Å². The number of aliphatic carboxylic acids is 1. The molecule has 0 aliphatic carbocycles. The number of amides is 1. The zero-order valence-corrected chi connectivity index (χ0v) is 14.9. The molecule has 1 fully saturated rings. The number of carbonyl (C=O) groups is 2. The molecule has 2 N–H and O–H groups in total. The molecule has 0 radical (unpaired) electrons. The third-order valence-corrected chi connectivity index (χ3v) is 4.60. The van der Waals surface area contributed by atoms with Crippen LogP contribution in [-0.2, 0) is 9.53 Å². The van der Waals surface area contributed by atoms with E-state index in [1.165, 1.54) is 0 Å². The summed E-state index contributed by atoms with van der Waals surface area (Å²) in [7, 11) is 0. The Hall–Kier alpha value is -1.30. The van der Waals surface area contributed by atoms with Gasteiger partial charge in [0, 0.05) is 13.0 Å². The maximum atomic E-state index is 11.8. The van der Waals surface area contributed by atoms with Crippen molar-refractivity contribution in [1.82, 2.24) is 4.90 Å². The normalized spacial score (nSPS) is 18.7. The van der Waals surface area contributed by atoms with Crippen LogP contribution in [0.2, 0.25) is 0 Å². The molecule has 0 saturated carbocycles. The fourth-order valence-electron chi connectivity index (χ4n) is 3.07. The highest BCUT2D eigenvalue weighted by Crippen LogP contribution is 2.20. The van der Waals surface area contributed by atoms with E-state index < -0.39 is 5.97 Å². The van der Waals surface area contributed by atoms with Gasteiger partial charge in [-0.2, -0.15) is 0 Å². The van der Waals surface area contributed by atoms with Gasteiger partial charge in [-0.05, 0) is 25.7 Å². The summed E-state index contributed by atoms with van der Waals surface area (Å²) in [6, 6.07) is 0.0971. The van der Waals surface area contributed by atoms with Crippen LogP contribution in [-0.4, -0.2) is 52.5 Å². The van der Waals surface area contributed by atoms with Crippen LogP contribution in [0.4, 0.5) is 4.79 Å². The summed E-state index contributed by atoms with van der Waals surface area (Å²) in [5, 5.41) is 18.6. The second-order valence-corrected chi connectivity index (χ2v) is 6.71. The molecule has 24 heavy (non-hydrogen) atoms. The summed E-state index contributed by atoms with van der Waals surface area (Å²) in [6.45, 7) is 3.12. The first-order chi connectivity index (χ1) is 11.5. The molecule has 6 nitrogen and oxygen atoms in total. The number of unbranched alkanes of at least 4 members (excludes halogenated alkanes) is 5. The first kappa shape index (κ1) is 20.7. The monoisotopic (exact) mass is 343 g/mol. The van der Waals surface area contributed by atoms with Crippen molar-refractivity contribution in [3.63, 3.8) is 0 Å². The minimum absolute atomic E-state index is 0.0971. The molecule has 0 aromatic rings. The van der Waals surface area contributed by atoms with E-state index in [0.29, 0.717) is 26.0 Å². The Morgan fingerprint density at radius 1 is 1.21 bits per heavy atom. The highest BCUT2D eigenvalue weighted by molar-refractivity contribution is 5.70. The number of carboxylic acids is 1. The number of carbonyl (C=O) groups excluding carboxylic acids is 1. The molecule has 0 aromatic carbocycles. The van der Waals surface area contributed by atoms with Crippen molar-refractivity contribution in [3.8, 4) is 0 Å². The van der Waals surface area contributed by atoms with Crippen molar-refractivity contribution < 1.29 is 24.5 Å². The molecule has 2 atom stereocenters. The molecular formula is C18H33NO5. The van der Waals surface area contributed by atoms with Gasteiger partial charge in [0.2, 0.25) is 0 Å². The van der Waals surface area contributed by atoms with Gasteiger partial charge in [0.1, 0.15) is 6.61 Å². The number of carboxylic acid groups (broad SMARTS) is 1. The van der Waals surface area contributed by atoms with Gasteiger partial charge in [0.15, 0.2) is 0 Å². The van der Waals surface area contributed by atoms with Gasteiger partial charge in [0.25, 0.3) is 0 Å². The van der Waals surface area contributed by atoms with E-state index in [0.717, 1.165) is 51.4 Å². The summed E-state index contributed by atoms with van der Waals surface area (Å²) in [6.07, 6.45) is 8.76. The Morgan fingerprint density at radius 3 is 2.67 bits per heavy atom. The van der Waals surface area contributed by atoms with Crippen LogP contribution in [0.1, 0.15) is 77.6 Å². The molecule has 0 spiro atoms. The van der Waals surface area contributed by atoms with Crippen LogP contribution in [0.3, 0.4) is 0 Å². The Bertz CT molecular complexity index is 374. The van der Waals surface area contributed by atoms with Crippen molar-refractivity contribution in [2.45, 2.75) is 89.7 Å². The van der Waals surface area contributed by atoms with Crippen molar-refractivity contribution in [3.05, 3.63) is 0 Å². The predicted molar refractivity (Wildman–Crippen MR) is 91.9 cm³/mol. The maximum absolute atomic E-state index is 11.8. The molecule has 140 valence electrons. The molecule has 1 aliphatic heterocycles. The number of hydrogen-bond acceptors (Lipinski definition) is 4. The zero-order chi connectivity index (χ0) is 17.8. The summed E-state index contributed by atoms with van der Waals surface area (Å²) in [5.74, 6) is -0.742. The van der Waals surface area contributed by atoms with Gasteiger partial charge in [-0.25, -0.2) is 4.79 Å². The third kappa shape index (κ3) is 8.52. The highest BCUT2D eigenvalue weighted by Gasteiger charge is 2.32. The molecule has 1 heterocycles. The van der Waals surface area contributed by atoms with Gasteiger partial charge >= 0.3 is 12.1 Å². The first-order valence-electron chi connectivity index (χ1n) is 9.37. The summed E-state index contributed by atoms with van der Waals surface area (Å²) < 4.78 is 5.15. The molecule has 1 amide bonds. The van der Waals surface area contributed by atoms with E-state index >= 15 is 0 Å². The molecule has 1 rings (SSSR count). The minimum atomic E-state index is -0.742. The molecule has 2 unspecified atom stereocenters. The number of aliphatic hydroxyl groups is 1. The second-order valence-electron chi connectivity index (χ2n) is 6.71.